The lowest BCUT2D eigenvalue weighted by Gasteiger charge is -2.23. The fourth-order valence-electron chi connectivity index (χ4n) is 3.18. The summed E-state index contributed by atoms with van der Waals surface area (Å²) >= 11 is 12.1. The monoisotopic (exact) mass is 311 g/mol. The third-order valence-electron chi connectivity index (χ3n) is 4.13. The maximum Gasteiger partial charge on any atom is 0.160 e. The van der Waals surface area contributed by atoms with Crippen LogP contribution in [0.1, 0.15) is 56.8 Å². The van der Waals surface area contributed by atoms with E-state index in [1.54, 1.807) is 6.20 Å². The molecule has 0 saturated heterocycles. The molecular weight excluding hydrogens is 293 g/mol. The van der Waals surface area contributed by atoms with Crippen LogP contribution in [0.15, 0.2) is 12.3 Å². The van der Waals surface area contributed by atoms with Crippen LogP contribution in [-0.4, -0.2) is 14.5 Å². The summed E-state index contributed by atoms with van der Waals surface area (Å²) in [5.74, 6) is 1.34. The molecule has 0 atom stereocenters. The third-order valence-corrected chi connectivity index (χ3v) is 4.57. The number of halogens is 2. The minimum atomic E-state index is 0.421. The van der Waals surface area contributed by atoms with Crippen LogP contribution in [0.5, 0.6) is 0 Å². The Labute approximate surface area is 129 Å². The Hall–Kier alpha value is -0.800. The molecule has 2 aromatic heterocycles. The van der Waals surface area contributed by atoms with E-state index in [1.165, 1.54) is 44.9 Å². The van der Waals surface area contributed by atoms with Gasteiger partial charge in [0, 0.05) is 12.2 Å². The summed E-state index contributed by atoms with van der Waals surface area (Å²) in [6.07, 6.45) is 10.7. The van der Waals surface area contributed by atoms with Gasteiger partial charge in [-0.3, -0.25) is 0 Å². The molecule has 0 spiro atoms. The van der Waals surface area contributed by atoms with Gasteiger partial charge in [0.1, 0.15) is 11.3 Å². The molecule has 5 heteroatoms. The van der Waals surface area contributed by atoms with Crippen LogP contribution in [0.2, 0.25) is 5.02 Å². The molecule has 1 fully saturated rings. The zero-order valence-electron chi connectivity index (χ0n) is 11.5. The van der Waals surface area contributed by atoms with Gasteiger partial charge in [-0.05, 0) is 18.9 Å². The fraction of sp³-hybridized carbons (Fsp3) is 0.600. The second-order valence-electron chi connectivity index (χ2n) is 5.53. The maximum absolute atomic E-state index is 6.09. The molecule has 2 aromatic rings. The van der Waals surface area contributed by atoms with E-state index in [-0.39, 0.29) is 0 Å². The van der Waals surface area contributed by atoms with Crippen molar-refractivity contribution < 1.29 is 0 Å². The Bertz CT molecular complexity index is 586. The van der Waals surface area contributed by atoms with E-state index >= 15 is 0 Å². The van der Waals surface area contributed by atoms with Gasteiger partial charge >= 0.3 is 0 Å². The molecule has 2 heterocycles. The Morgan fingerprint density at radius 3 is 2.55 bits per heavy atom. The van der Waals surface area contributed by atoms with Gasteiger partial charge < -0.3 is 4.57 Å². The molecular formula is C15H19Cl2N3. The number of alkyl halides is 1. The number of rotatable bonds is 2. The summed E-state index contributed by atoms with van der Waals surface area (Å²) in [5, 5.41) is 0.626. The Balaban J connectivity index is 2.03. The highest BCUT2D eigenvalue weighted by atomic mass is 35.5. The highest BCUT2D eigenvalue weighted by Crippen LogP contribution is 2.31. The second kappa shape index (κ2) is 6.31. The first-order valence-corrected chi connectivity index (χ1v) is 8.29. The predicted octanol–water partition coefficient (Wildman–Crippen LogP) is 5.11. The van der Waals surface area contributed by atoms with Gasteiger partial charge in [0.05, 0.1) is 10.9 Å². The molecule has 1 saturated carbocycles. The van der Waals surface area contributed by atoms with Crippen LogP contribution >= 0.6 is 23.2 Å². The molecule has 1 aliphatic rings. The zero-order chi connectivity index (χ0) is 13.9. The molecule has 3 nitrogen and oxygen atoms in total. The number of nitrogens with zero attached hydrogens (tertiary/aromatic N) is 3. The van der Waals surface area contributed by atoms with Crippen molar-refractivity contribution in [2.75, 3.05) is 0 Å². The van der Waals surface area contributed by atoms with Crippen LogP contribution in [-0.2, 0) is 5.88 Å². The summed E-state index contributed by atoms with van der Waals surface area (Å²) in [7, 11) is 0. The Morgan fingerprint density at radius 1 is 1.15 bits per heavy atom. The van der Waals surface area contributed by atoms with Crippen LogP contribution < -0.4 is 0 Å². The first-order chi connectivity index (χ1) is 9.79. The van der Waals surface area contributed by atoms with Gasteiger partial charge in [0.2, 0.25) is 0 Å². The van der Waals surface area contributed by atoms with Gasteiger partial charge in [-0.15, -0.1) is 11.6 Å². The van der Waals surface area contributed by atoms with Crippen molar-refractivity contribution >= 4 is 34.4 Å². The number of hydrogen-bond acceptors (Lipinski definition) is 2. The standard InChI is InChI=1S/C15H19Cl2N3/c16-9-14-19-13-8-11(17)10-18-15(13)20(14)12-6-4-2-1-3-5-7-12/h8,10,12H,1-7,9H2. The quantitative estimate of drug-likeness (QED) is 0.722. The first-order valence-electron chi connectivity index (χ1n) is 7.38. The van der Waals surface area contributed by atoms with Gasteiger partial charge in [-0.25, -0.2) is 9.97 Å². The van der Waals surface area contributed by atoms with Crippen LogP contribution in [0.4, 0.5) is 0 Å². The van der Waals surface area contributed by atoms with Gasteiger partial charge in [-0.1, -0.05) is 43.7 Å². The SMILES string of the molecule is ClCc1nc2cc(Cl)cnc2n1C1CCCCCCC1. The Morgan fingerprint density at radius 2 is 1.85 bits per heavy atom. The molecule has 0 aromatic carbocycles. The zero-order valence-corrected chi connectivity index (χ0v) is 13.0. The maximum atomic E-state index is 6.09. The number of aromatic nitrogens is 3. The molecule has 0 bridgehead atoms. The van der Waals surface area contributed by atoms with E-state index < -0.39 is 0 Å². The molecule has 0 amide bonds. The van der Waals surface area contributed by atoms with Crippen molar-refractivity contribution in [3.05, 3.63) is 23.1 Å². The molecule has 1 aliphatic carbocycles. The van der Waals surface area contributed by atoms with E-state index in [2.05, 4.69) is 14.5 Å². The average Bonchev–Trinajstić information content (AvgIpc) is 2.76. The average molecular weight is 312 g/mol. The molecule has 0 radical (unpaired) electrons. The lowest BCUT2D eigenvalue weighted by atomic mass is 9.96. The van der Waals surface area contributed by atoms with Gasteiger partial charge in [-0.2, -0.15) is 0 Å². The molecule has 3 rings (SSSR count). The van der Waals surface area contributed by atoms with Crippen molar-refractivity contribution in [1.29, 1.82) is 0 Å². The van der Waals surface area contributed by atoms with Gasteiger partial charge in [0.25, 0.3) is 0 Å². The van der Waals surface area contributed by atoms with E-state index in [4.69, 9.17) is 23.2 Å². The molecule has 0 unspecified atom stereocenters. The van der Waals surface area contributed by atoms with Crippen LogP contribution in [0, 0.1) is 0 Å². The number of fused-ring (bicyclic) bond motifs is 1. The van der Waals surface area contributed by atoms with Crippen molar-refractivity contribution in [2.24, 2.45) is 0 Å². The Kier molecular flexibility index (Phi) is 4.47. The van der Waals surface area contributed by atoms with E-state index in [0.717, 1.165) is 17.0 Å². The van der Waals surface area contributed by atoms with Crippen LogP contribution in [0.3, 0.4) is 0 Å². The van der Waals surface area contributed by atoms with Crippen LogP contribution in [0.25, 0.3) is 11.2 Å². The number of pyridine rings is 1. The summed E-state index contributed by atoms with van der Waals surface area (Å²) in [6.45, 7) is 0. The molecule has 0 N–H and O–H groups in total. The molecule has 0 aliphatic heterocycles. The minimum absolute atomic E-state index is 0.421. The summed E-state index contributed by atoms with van der Waals surface area (Å²) < 4.78 is 2.25. The lowest BCUT2D eigenvalue weighted by Crippen LogP contribution is -2.14. The summed E-state index contributed by atoms with van der Waals surface area (Å²) in [4.78, 5) is 9.09. The van der Waals surface area contributed by atoms with E-state index in [9.17, 15) is 0 Å². The van der Waals surface area contributed by atoms with E-state index in [0.29, 0.717) is 16.9 Å². The topological polar surface area (TPSA) is 30.7 Å². The van der Waals surface area contributed by atoms with Crippen molar-refractivity contribution in [1.82, 2.24) is 14.5 Å². The largest absolute Gasteiger partial charge is 0.309 e. The first kappa shape index (κ1) is 14.2. The highest BCUT2D eigenvalue weighted by molar-refractivity contribution is 6.31. The summed E-state index contributed by atoms with van der Waals surface area (Å²) in [6, 6.07) is 2.35. The molecule has 20 heavy (non-hydrogen) atoms. The molecule has 108 valence electrons. The second-order valence-corrected chi connectivity index (χ2v) is 6.23. The van der Waals surface area contributed by atoms with Gasteiger partial charge in [0.15, 0.2) is 5.65 Å². The van der Waals surface area contributed by atoms with E-state index in [1.807, 2.05) is 6.07 Å². The number of imidazole rings is 1. The minimum Gasteiger partial charge on any atom is -0.309 e. The van der Waals surface area contributed by atoms with Crippen molar-refractivity contribution in [3.63, 3.8) is 0 Å². The highest BCUT2D eigenvalue weighted by Gasteiger charge is 2.20. The summed E-state index contributed by atoms with van der Waals surface area (Å²) in [5.41, 5.74) is 1.78. The number of hydrogen-bond donors (Lipinski definition) is 0. The predicted molar refractivity (Wildman–Crippen MR) is 83.5 cm³/mol. The van der Waals surface area contributed by atoms with Crippen molar-refractivity contribution in [3.8, 4) is 0 Å². The van der Waals surface area contributed by atoms with Crippen molar-refractivity contribution in [2.45, 2.75) is 56.9 Å². The lowest BCUT2D eigenvalue weighted by molar-refractivity contribution is 0.372. The fourth-order valence-corrected chi connectivity index (χ4v) is 3.52. The normalized spacial score (nSPS) is 18.1. The third kappa shape index (κ3) is 2.79. The smallest absolute Gasteiger partial charge is 0.160 e.